The van der Waals surface area contributed by atoms with Gasteiger partial charge in [0.05, 0.1) is 11.3 Å². The number of nitrogens with one attached hydrogen (secondary N) is 3. The van der Waals surface area contributed by atoms with Crippen LogP contribution >= 0.6 is 23.8 Å². The van der Waals surface area contributed by atoms with Gasteiger partial charge in [0.2, 0.25) is 0 Å². The van der Waals surface area contributed by atoms with Gasteiger partial charge in [-0.15, -0.1) is 0 Å². The fourth-order valence-corrected chi connectivity index (χ4v) is 2.56. The van der Waals surface area contributed by atoms with Gasteiger partial charge in [0.1, 0.15) is 0 Å². The van der Waals surface area contributed by atoms with Crippen LogP contribution in [0.5, 0.6) is 0 Å². The van der Waals surface area contributed by atoms with Crippen molar-refractivity contribution in [2.75, 3.05) is 25.6 Å². The zero-order valence-electron chi connectivity index (χ0n) is 14.8. The third kappa shape index (κ3) is 6.63. The van der Waals surface area contributed by atoms with Crippen molar-refractivity contribution < 1.29 is 14.3 Å². The summed E-state index contributed by atoms with van der Waals surface area (Å²) >= 11 is 11.0. The normalized spacial score (nSPS) is 10.1. The summed E-state index contributed by atoms with van der Waals surface area (Å²) in [5, 5.41) is 8.92. The molecule has 27 heavy (non-hydrogen) atoms. The Labute approximate surface area is 168 Å². The molecule has 0 atom stereocenters. The van der Waals surface area contributed by atoms with Crippen LogP contribution in [0.25, 0.3) is 0 Å². The van der Waals surface area contributed by atoms with Gasteiger partial charge in [0.25, 0.3) is 11.8 Å². The van der Waals surface area contributed by atoms with Crippen LogP contribution < -0.4 is 16.0 Å². The lowest BCUT2D eigenvalue weighted by atomic mass is 10.1. The van der Waals surface area contributed by atoms with Crippen LogP contribution in [0.15, 0.2) is 48.5 Å². The molecule has 6 nitrogen and oxygen atoms in total. The molecule has 0 aliphatic heterocycles. The van der Waals surface area contributed by atoms with E-state index in [2.05, 4.69) is 16.0 Å². The third-order valence-corrected chi connectivity index (χ3v) is 4.02. The van der Waals surface area contributed by atoms with Crippen LogP contribution in [0.3, 0.4) is 0 Å². The molecule has 0 unspecified atom stereocenters. The van der Waals surface area contributed by atoms with E-state index >= 15 is 0 Å². The standard InChI is InChI=1S/C19H20ClN3O3S/c1-26-12-4-11-21-18(25)15-5-2-3-6-16(15)22-19(27)23-17(24)13-7-9-14(20)10-8-13/h2-3,5-10H,4,11-12H2,1H3,(H,21,25)(H2,22,23,24,27). The molecular weight excluding hydrogens is 386 g/mol. The Balaban J connectivity index is 1.98. The molecule has 2 aromatic carbocycles. The second-order valence-corrected chi connectivity index (χ2v) is 6.41. The van der Waals surface area contributed by atoms with Gasteiger partial charge in [-0.3, -0.25) is 14.9 Å². The van der Waals surface area contributed by atoms with Gasteiger partial charge in [-0.05, 0) is 55.0 Å². The van der Waals surface area contributed by atoms with Crippen molar-refractivity contribution in [3.63, 3.8) is 0 Å². The average Bonchev–Trinajstić information content (AvgIpc) is 2.66. The third-order valence-electron chi connectivity index (χ3n) is 3.56. The monoisotopic (exact) mass is 405 g/mol. The molecule has 0 aliphatic carbocycles. The summed E-state index contributed by atoms with van der Waals surface area (Å²) in [7, 11) is 1.61. The molecule has 0 heterocycles. The Hall–Kier alpha value is -2.48. The van der Waals surface area contributed by atoms with Crippen molar-refractivity contribution in [3.8, 4) is 0 Å². The maximum absolute atomic E-state index is 12.4. The Kier molecular flexibility index (Phi) is 8.19. The Morgan fingerprint density at radius 3 is 2.48 bits per heavy atom. The lowest BCUT2D eigenvalue weighted by Gasteiger charge is -2.13. The van der Waals surface area contributed by atoms with Crippen molar-refractivity contribution in [1.29, 1.82) is 0 Å². The molecule has 0 spiro atoms. The van der Waals surface area contributed by atoms with Crippen LogP contribution in [0, 0.1) is 0 Å². The number of ether oxygens (including phenoxy) is 1. The fourth-order valence-electron chi connectivity index (χ4n) is 2.23. The average molecular weight is 406 g/mol. The number of halogens is 1. The van der Waals surface area contributed by atoms with E-state index in [-0.39, 0.29) is 16.9 Å². The first-order valence-electron chi connectivity index (χ1n) is 8.25. The summed E-state index contributed by atoms with van der Waals surface area (Å²) in [6, 6.07) is 13.4. The summed E-state index contributed by atoms with van der Waals surface area (Å²) in [5.41, 5.74) is 1.36. The van der Waals surface area contributed by atoms with Gasteiger partial charge in [0, 0.05) is 30.8 Å². The van der Waals surface area contributed by atoms with E-state index < -0.39 is 0 Å². The minimum absolute atomic E-state index is 0.0922. The van der Waals surface area contributed by atoms with E-state index in [9.17, 15) is 9.59 Å². The molecule has 2 rings (SSSR count). The predicted molar refractivity (Wildman–Crippen MR) is 110 cm³/mol. The summed E-state index contributed by atoms with van der Waals surface area (Å²) in [6.07, 6.45) is 0.716. The van der Waals surface area contributed by atoms with E-state index in [0.29, 0.717) is 41.4 Å². The minimum atomic E-state index is -0.370. The molecule has 0 bridgehead atoms. The number of para-hydroxylation sites is 1. The number of methoxy groups -OCH3 is 1. The highest BCUT2D eigenvalue weighted by Crippen LogP contribution is 2.15. The molecule has 8 heteroatoms. The van der Waals surface area contributed by atoms with Gasteiger partial charge in [-0.2, -0.15) is 0 Å². The second kappa shape index (κ2) is 10.6. The predicted octanol–water partition coefficient (Wildman–Crippen LogP) is 3.23. The number of hydrogen-bond donors (Lipinski definition) is 3. The van der Waals surface area contributed by atoms with Crippen LogP contribution in [-0.4, -0.2) is 37.2 Å². The number of carbonyl (C=O) groups is 2. The number of amides is 2. The van der Waals surface area contributed by atoms with Crippen LogP contribution in [-0.2, 0) is 4.74 Å². The first-order chi connectivity index (χ1) is 13.0. The molecule has 0 aliphatic rings. The lowest BCUT2D eigenvalue weighted by molar-refractivity contribution is 0.0947. The highest BCUT2D eigenvalue weighted by atomic mass is 35.5. The van der Waals surface area contributed by atoms with Crippen molar-refractivity contribution >= 4 is 46.4 Å². The first kappa shape index (κ1) is 20.8. The van der Waals surface area contributed by atoms with Crippen molar-refractivity contribution in [3.05, 3.63) is 64.7 Å². The zero-order valence-corrected chi connectivity index (χ0v) is 16.3. The Morgan fingerprint density at radius 2 is 1.78 bits per heavy atom. The number of carbonyl (C=O) groups excluding carboxylic acids is 2. The molecule has 0 aromatic heterocycles. The van der Waals surface area contributed by atoms with Crippen molar-refractivity contribution in [2.24, 2.45) is 0 Å². The summed E-state index contributed by atoms with van der Waals surface area (Å²) in [6.45, 7) is 1.07. The lowest BCUT2D eigenvalue weighted by Crippen LogP contribution is -2.35. The van der Waals surface area contributed by atoms with Crippen LogP contribution in [0.1, 0.15) is 27.1 Å². The number of rotatable bonds is 7. The summed E-state index contributed by atoms with van der Waals surface area (Å²) in [4.78, 5) is 24.6. The number of thiocarbonyl (C=S) groups is 1. The molecular formula is C19H20ClN3O3S. The molecule has 0 fully saturated rings. The Morgan fingerprint density at radius 1 is 1.07 bits per heavy atom. The number of benzene rings is 2. The van der Waals surface area contributed by atoms with Crippen LogP contribution in [0.2, 0.25) is 5.02 Å². The van der Waals surface area contributed by atoms with E-state index in [1.54, 1.807) is 55.6 Å². The van der Waals surface area contributed by atoms with Gasteiger partial charge >= 0.3 is 0 Å². The quantitative estimate of drug-likeness (QED) is 0.487. The summed E-state index contributed by atoms with van der Waals surface area (Å²) < 4.78 is 4.96. The summed E-state index contributed by atoms with van der Waals surface area (Å²) in [5.74, 6) is -0.605. The molecule has 2 aromatic rings. The second-order valence-electron chi connectivity index (χ2n) is 5.56. The van der Waals surface area contributed by atoms with E-state index in [1.165, 1.54) is 0 Å². The Bertz CT molecular complexity index is 812. The van der Waals surface area contributed by atoms with Gasteiger partial charge < -0.3 is 15.4 Å². The van der Waals surface area contributed by atoms with Crippen LogP contribution in [0.4, 0.5) is 5.69 Å². The topological polar surface area (TPSA) is 79.5 Å². The largest absolute Gasteiger partial charge is 0.385 e. The maximum Gasteiger partial charge on any atom is 0.257 e. The molecule has 142 valence electrons. The zero-order chi connectivity index (χ0) is 19.6. The van der Waals surface area contributed by atoms with Gasteiger partial charge in [0.15, 0.2) is 5.11 Å². The van der Waals surface area contributed by atoms with Gasteiger partial charge in [-0.25, -0.2) is 0 Å². The van der Waals surface area contributed by atoms with E-state index in [1.807, 2.05) is 0 Å². The highest BCUT2D eigenvalue weighted by Gasteiger charge is 2.13. The SMILES string of the molecule is COCCCNC(=O)c1ccccc1NC(=S)NC(=O)c1ccc(Cl)cc1. The molecule has 0 radical (unpaired) electrons. The minimum Gasteiger partial charge on any atom is -0.385 e. The van der Waals surface area contributed by atoms with E-state index in [0.717, 1.165) is 0 Å². The van der Waals surface area contributed by atoms with Crippen molar-refractivity contribution in [2.45, 2.75) is 6.42 Å². The highest BCUT2D eigenvalue weighted by molar-refractivity contribution is 7.80. The van der Waals surface area contributed by atoms with Crippen molar-refractivity contribution in [1.82, 2.24) is 10.6 Å². The fraction of sp³-hybridized carbons (Fsp3) is 0.211. The molecule has 0 saturated carbocycles. The van der Waals surface area contributed by atoms with Gasteiger partial charge in [-0.1, -0.05) is 23.7 Å². The first-order valence-corrected chi connectivity index (χ1v) is 9.04. The number of anilines is 1. The smallest absolute Gasteiger partial charge is 0.257 e. The molecule has 0 saturated heterocycles. The molecule has 3 N–H and O–H groups in total. The van der Waals surface area contributed by atoms with E-state index in [4.69, 9.17) is 28.6 Å². The number of hydrogen-bond acceptors (Lipinski definition) is 4. The molecule has 2 amide bonds. The maximum atomic E-state index is 12.4.